The van der Waals surface area contributed by atoms with Crippen LogP contribution in [0.2, 0.25) is 0 Å². The molecule has 0 unspecified atom stereocenters. The molecule has 0 aliphatic rings. The van der Waals surface area contributed by atoms with Crippen LogP contribution in [0.4, 0.5) is 0 Å². The third-order valence-corrected chi connectivity index (χ3v) is 2.66. The molecule has 0 aliphatic carbocycles. The molecule has 0 amide bonds. The lowest BCUT2D eigenvalue weighted by atomic mass is 10.1. The molecule has 74 valence electrons. The molecule has 0 bridgehead atoms. The van der Waals surface area contributed by atoms with Crippen molar-refractivity contribution < 1.29 is 9.52 Å². The zero-order valence-corrected chi connectivity index (χ0v) is 8.93. The first-order valence-corrected chi connectivity index (χ1v) is 5.56. The van der Waals surface area contributed by atoms with Crippen LogP contribution < -0.4 is 0 Å². The number of hydrogen-bond donors (Lipinski definition) is 1. The number of hydrogen-bond acceptors (Lipinski definition) is 3. The Morgan fingerprint density at radius 3 is 2.85 bits per heavy atom. The van der Waals surface area contributed by atoms with E-state index in [2.05, 4.69) is 0 Å². The molecule has 2 nitrogen and oxygen atoms in total. The Labute approximate surface area is 83.3 Å². The van der Waals surface area contributed by atoms with E-state index in [1.807, 2.05) is 26.0 Å². The minimum Gasteiger partial charge on any atom is -0.468 e. The van der Waals surface area contributed by atoms with Crippen molar-refractivity contribution in [3.05, 3.63) is 24.2 Å². The van der Waals surface area contributed by atoms with Gasteiger partial charge in [0, 0.05) is 0 Å². The molecule has 0 spiro atoms. The van der Waals surface area contributed by atoms with Gasteiger partial charge in [-0.15, -0.1) is 0 Å². The van der Waals surface area contributed by atoms with Gasteiger partial charge in [-0.3, -0.25) is 0 Å². The summed E-state index contributed by atoms with van der Waals surface area (Å²) in [6.45, 7) is 3.67. The lowest BCUT2D eigenvalue weighted by Gasteiger charge is -2.15. The van der Waals surface area contributed by atoms with Crippen LogP contribution in [-0.2, 0) is 5.75 Å². The quantitative estimate of drug-likeness (QED) is 0.742. The van der Waals surface area contributed by atoms with Crippen molar-refractivity contribution >= 4 is 11.8 Å². The van der Waals surface area contributed by atoms with Crippen molar-refractivity contribution in [2.45, 2.75) is 31.6 Å². The fourth-order valence-electron chi connectivity index (χ4n) is 0.889. The maximum absolute atomic E-state index is 9.44. The van der Waals surface area contributed by atoms with Crippen molar-refractivity contribution in [2.75, 3.05) is 5.75 Å². The first kappa shape index (κ1) is 10.7. The molecule has 1 aromatic heterocycles. The summed E-state index contributed by atoms with van der Waals surface area (Å²) in [7, 11) is 0. The largest absolute Gasteiger partial charge is 0.468 e. The molecular weight excluding hydrogens is 184 g/mol. The van der Waals surface area contributed by atoms with Gasteiger partial charge in [-0.1, -0.05) is 0 Å². The van der Waals surface area contributed by atoms with Gasteiger partial charge in [0.25, 0.3) is 0 Å². The minimum atomic E-state index is -0.545. The Morgan fingerprint density at radius 2 is 2.31 bits per heavy atom. The van der Waals surface area contributed by atoms with Crippen LogP contribution in [0, 0.1) is 0 Å². The van der Waals surface area contributed by atoms with E-state index in [1.54, 1.807) is 18.0 Å². The molecule has 0 aliphatic heterocycles. The third-order valence-electron chi connectivity index (χ3n) is 1.68. The Bertz CT molecular complexity index is 224. The molecule has 3 heteroatoms. The molecule has 1 heterocycles. The summed E-state index contributed by atoms with van der Waals surface area (Å²) in [4.78, 5) is 0. The minimum absolute atomic E-state index is 0.545. The van der Waals surface area contributed by atoms with Crippen molar-refractivity contribution in [2.24, 2.45) is 0 Å². The number of thioether (sulfide) groups is 1. The third kappa shape index (κ3) is 5.01. The molecule has 13 heavy (non-hydrogen) atoms. The van der Waals surface area contributed by atoms with Crippen LogP contribution in [-0.4, -0.2) is 16.5 Å². The molecule has 0 saturated carbocycles. The molecule has 0 saturated heterocycles. The van der Waals surface area contributed by atoms with Crippen LogP contribution in [0.1, 0.15) is 26.0 Å². The van der Waals surface area contributed by atoms with E-state index in [1.165, 1.54) is 0 Å². The fourth-order valence-corrected chi connectivity index (χ4v) is 2.04. The van der Waals surface area contributed by atoms with Crippen molar-refractivity contribution in [1.29, 1.82) is 0 Å². The maximum atomic E-state index is 9.44. The van der Waals surface area contributed by atoms with E-state index in [9.17, 15) is 5.11 Å². The summed E-state index contributed by atoms with van der Waals surface area (Å²) in [6, 6.07) is 3.86. The number of aliphatic hydroxyl groups is 1. The highest BCUT2D eigenvalue weighted by Gasteiger charge is 2.11. The van der Waals surface area contributed by atoms with Gasteiger partial charge in [0.2, 0.25) is 0 Å². The molecule has 1 aromatic rings. The lowest BCUT2D eigenvalue weighted by molar-refractivity contribution is 0.0777. The smallest absolute Gasteiger partial charge is 0.113 e. The Balaban J connectivity index is 2.09. The first-order chi connectivity index (χ1) is 6.08. The van der Waals surface area contributed by atoms with Crippen LogP contribution >= 0.6 is 11.8 Å². The predicted molar refractivity (Wildman–Crippen MR) is 55.8 cm³/mol. The van der Waals surface area contributed by atoms with Crippen LogP contribution in [0.5, 0.6) is 0 Å². The monoisotopic (exact) mass is 200 g/mol. The second kappa shape index (κ2) is 4.72. The van der Waals surface area contributed by atoms with E-state index in [4.69, 9.17) is 4.42 Å². The molecule has 0 radical (unpaired) electrons. The summed E-state index contributed by atoms with van der Waals surface area (Å²) in [5.41, 5.74) is -0.545. The van der Waals surface area contributed by atoms with Gasteiger partial charge in [0.1, 0.15) is 5.76 Å². The van der Waals surface area contributed by atoms with E-state index >= 15 is 0 Å². The highest BCUT2D eigenvalue weighted by Crippen LogP contribution is 2.17. The zero-order chi connectivity index (χ0) is 9.73. The number of furan rings is 1. The van der Waals surface area contributed by atoms with Crippen LogP contribution in [0.25, 0.3) is 0 Å². The van der Waals surface area contributed by atoms with Crippen molar-refractivity contribution in [3.8, 4) is 0 Å². The van der Waals surface area contributed by atoms with Gasteiger partial charge in [-0.25, -0.2) is 0 Å². The highest BCUT2D eigenvalue weighted by atomic mass is 32.2. The van der Waals surface area contributed by atoms with Gasteiger partial charge in [-0.05, 0) is 38.2 Å². The summed E-state index contributed by atoms with van der Waals surface area (Å²) in [5.74, 6) is 2.86. The van der Waals surface area contributed by atoms with Crippen molar-refractivity contribution in [3.63, 3.8) is 0 Å². The second-order valence-corrected chi connectivity index (χ2v) is 4.80. The average molecular weight is 200 g/mol. The SMILES string of the molecule is CC(C)(O)CCSCc1ccco1. The lowest BCUT2D eigenvalue weighted by Crippen LogP contribution is -2.19. The molecule has 1 N–H and O–H groups in total. The van der Waals surface area contributed by atoms with Gasteiger partial charge in [0.15, 0.2) is 0 Å². The van der Waals surface area contributed by atoms with Gasteiger partial charge < -0.3 is 9.52 Å². The first-order valence-electron chi connectivity index (χ1n) is 4.40. The summed E-state index contributed by atoms with van der Waals surface area (Å²) < 4.78 is 5.18. The predicted octanol–water partition coefficient (Wildman–Crippen LogP) is 2.67. The highest BCUT2D eigenvalue weighted by molar-refractivity contribution is 7.98. The summed E-state index contributed by atoms with van der Waals surface area (Å²) >= 11 is 1.78. The molecule has 0 atom stereocenters. The summed E-state index contributed by atoms with van der Waals surface area (Å²) in [5, 5.41) is 9.44. The average Bonchev–Trinajstić information content (AvgIpc) is 2.48. The Kier molecular flexibility index (Phi) is 3.88. The molecule has 0 aromatic carbocycles. The van der Waals surface area contributed by atoms with E-state index in [0.29, 0.717) is 0 Å². The van der Waals surface area contributed by atoms with Gasteiger partial charge in [-0.2, -0.15) is 11.8 Å². The van der Waals surface area contributed by atoms with Crippen LogP contribution in [0.15, 0.2) is 22.8 Å². The van der Waals surface area contributed by atoms with Gasteiger partial charge >= 0.3 is 0 Å². The topological polar surface area (TPSA) is 33.4 Å². The van der Waals surface area contributed by atoms with E-state index in [-0.39, 0.29) is 0 Å². The van der Waals surface area contributed by atoms with Crippen molar-refractivity contribution in [1.82, 2.24) is 0 Å². The molecular formula is C10H16O2S. The van der Waals surface area contributed by atoms with Crippen LogP contribution in [0.3, 0.4) is 0 Å². The summed E-state index contributed by atoms with van der Waals surface area (Å²) in [6.07, 6.45) is 2.50. The number of rotatable bonds is 5. The maximum Gasteiger partial charge on any atom is 0.113 e. The second-order valence-electron chi connectivity index (χ2n) is 3.69. The normalized spacial score (nSPS) is 11.9. The standard InChI is InChI=1S/C10H16O2S/c1-10(2,11)5-7-13-8-9-4-3-6-12-9/h3-4,6,11H,5,7-8H2,1-2H3. The van der Waals surface area contributed by atoms with Gasteiger partial charge in [0.05, 0.1) is 17.6 Å². The zero-order valence-electron chi connectivity index (χ0n) is 8.12. The fraction of sp³-hybridized carbons (Fsp3) is 0.600. The molecule has 0 fully saturated rings. The van der Waals surface area contributed by atoms with E-state index < -0.39 is 5.60 Å². The molecule has 1 rings (SSSR count). The Hall–Kier alpha value is -0.410. The van der Waals surface area contributed by atoms with E-state index in [0.717, 1.165) is 23.7 Å². The Morgan fingerprint density at radius 1 is 1.54 bits per heavy atom.